The van der Waals surface area contributed by atoms with Gasteiger partial charge < -0.3 is 9.84 Å². The fourth-order valence-electron chi connectivity index (χ4n) is 2.04. The van der Waals surface area contributed by atoms with Crippen molar-refractivity contribution in [2.75, 3.05) is 7.11 Å². The van der Waals surface area contributed by atoms with E-state index in [4.69, 9.17) is 9.84 Å². The summed E-state index contributed by atoms with van der Waals surface area (Å²) in [7, 11) is 1.42. The second-order valence-electron chi connectivity index (χ2n) is 4.59. The van der Waals surface area contributed by atoms with Gasteiger partial charge in [-0.25, -0.2) is 9.18 Å². The van der Waals surface area contributed by atoms with E-state index in [-0.39, 0.29) is 5.75 Å². The van der Waals surface area contributed by atoms with Gasteiger partial charge in [-0.1, -0.05) is 30.3 Å². The number of carboxylic acids is 1. The molecule has 0 saturated carbocycles. The molecule has 1 N–H and O–H groups in total. The maximum absolute atomic E-state index is 13.7. The fraction of sp³-hybridized carbons (Fsp3) is 0.118. The zero-order valence-corrected chi connectivity index (χ0v) is 11.8. The first-order valence-electron chi connectivity index (χ1n) is 6.37. The smallest absolute Gasteiger partial charge is 0.328 e. The summed E-state index contributed by atoms with van der Waals surface area (Å²) in [5.74, 6) is -1.19. The van der Waals surface area contributed by atoms with Gasteiger partial charge in [-0.2, -0.15) is 0 Å². The molecule has 0 fully saturated rings. The molecule has 2 aromatic rings. The van der Waals surface area contributed by atoms with E-state index >= 15 is 0 Å². The lowest BCUT2D eigenvalue weighted by atomic mass is 10.0. The first kappa shape index (κ1) is 14.8. The van der Waals surface area contributed by atoms with Crippen LogP contribution in [0.1, 0.15) is 12.5 Å². The summed E-state index contributed by atoms with van der Waals surface area (Å²) in [6.45, 7) is 1.73. The van der Waals surface area contributed by atoms with Crippen molar-refractivity contribution in [2.45, 2.75) is 6.92 Å². The highest BCUT2D eigenvalue weighted by atomic mass is 19.1. The van der Waals surface area contributed by atoms with Crippen molar-refractivity contribution in [3.05, 3.63) is 59.9 Å². The Morgan fingerprint density at radius 3 is 2.29 bits per heavy atom. The Morgan fingerprint density at radius 1 is 1.14 bits per heavy atom. The highest BCUT2D eigenvalue weighted by Gasteiger charge is 2.06. The van der Waals surface area contributed by atoms with Gasteiger partial charge in [0.05, 0.1) is 7.11 Å². The van der Waals surface area contributed by atoms with Crippen molar-refractivity contribution in [1.82, 2.24) is 0 Å². The molecule has 0 bridgehead atoms. The molecule has 0 unspecified atom stereocenters. The molecule has 0 amide bonds. The first-order chi connectivity index (χ1) is 10.0. The van der Waals surface area contributed by atoms with E-state index in [2.05, 4.69) is 0 Å². The number of rotatable bonds is 4. The van der Waals surface area contributed by atoms with Crippen LogP contribution in [0.4, 0.5) is 4.39 Å². The van der Waals surface area contributed by atoms with Crippen LogP contribution in [0.25, 0.3) is 16.7 Å². The Labute approximate surface area is 122 Å². The summed E-state index contributed by atoms with van der Waals surface area (Å²) in [6, 6.07) is 12.0. The van der Waals surface area contributed by atoms with Gasteiger partial charge in [0.2, 0.25) is 0 Å². The molecule has 2 rings (SSSR count). The van der Waals surface area contributed by atoms with Crippen LogP contribution < -0.4 is 4.74 Å². The number of ether oxygens (including phenoxy) is 1. The minimum absolute atomic E-state index is 0.204. The van der Waals surface area contributed by atoms with Crippen LogP contribution in [0.15, 0.2) is 48.5 Å². The molecule has 0 radical (unpaired) electrons. The van der Waals surface area contributed by atoms with E-state index in [9.17, 15) is 9.18 Å². The first-order valence-corrected chi connectivity index (χ1v) is 6.37. The van der Waals surface area contributed by atoms with Gasteiger partial charge in [0.1, 0.15) is 0 Å². The predicted molar refractivity (Wildman–Crippen MR) is 79.7 cm³/mol. The summed E-state index contributed by atoms with van der Waals surface area (Å²) in [6.07, 6.45) is 1.15. The molecule has 0 aromatic heterocycles. The van der Waals surface area contributed by atoms with E-state index in [0.717, 1.165) is 22.8 Å². The quantitative estimate of drug-likeness (QED) is 0.864. The summed E-state index contributed by atoms with van der Waals surface area (Å²) < 4.78 is 18.6. The molecule has 0 aliphatic carbocycles. The SMILES string of the molecule is COc1ccc(-c2ccc(/C(C)=C/C(=O)O)cc2)cc1F. The number of benzene rings is 2. The van der Waals surface area contributed by atoms with E-state index in [1.807, 2.05) is 24.3 Å². The molecule has 21 heavy (non-hydrogen) atoms. The van der Waals surface area contributed by atoms with Gasteiger partial charge in [-0.3, -0.25) is 0 Å². The lowest BCUT2D eigenvalue weighted by Gasteiger charge is -2.07. The number of allylic oxidation sites excluding steroid dienone is 1. The number of hydrogen-bond acceptors (Lipinski definition) is 2. The summed E-state index contributed by atoms with van der Waals surface area (Å²) in [4.78, 5) is 10.6. The number of halogens is 1. The van der Waals surface area contributed by atoms with Crippen LogP contribution in [0.2, 0.25) is 0 Å². The summed E-state index contributed by atoms with van der Waals surface area (Å²) in [5.41, 5.74) is 3.06. The lowest BCUT2D eigenvalue weighted by Crippen LogP contribution is -1.91. The Bertz CT molecular complexity index is 688. The van der Waals surface area contributed by atoms with Crippen molar-refractivity contribution < 1.29 is 19.0 Å². The largest absolute Gasteiger partial charge is 0.494 e. The fourth-order valence-corrected chi connectivity index (χ4v) is 2.04. The van der Waals surface area contributed by atoms with Crippen molar-refractivity contribution in [1.29, 1.82) is 0 Å². The number of carbonyl (C=O) groups is 1. The van der Waals surface area contributed by atoms with Gasteiger partial charge in [0.25, 0.3) is 0 Å². The Hall–Kier alpha value is -2.62. The molecule has 2 aromatic carbocycles. The summed E-state index contributed by atoms with van der Waals surface area (Å²) >= 11 is 0. The molecule has 108 valence electrons. The normalized spacial score (nSPS) is 11.3. The third kappa shape index (κ3) is 3.48. The van der Waals surface area contributed by atoms with Crippen molar-refractivity contribution in [3.63, 3.8) is 0 Å². The maximum Gasteiger partial charge on any atom is 0.328 e. The van der Waals surface area contributed by atoms with Crippen molar-refractivity contribution in [2.24, 2.45) is 0 Å². The standard InChI is InChI=1S/C17H15FO3/c1-11(9-17(19)20)12-3-5-13(6-4-12)14-7-8-16(21-2)15(18)10-14/h3-10H,1-2H3,(H,19,20)/b11-9+. The monoisotopic (exact) mass is 286 g/mol. The second-order valence-corrected chi connectivity index (χ2v) is 4.59. The zero-order valence-electron chi connectivity index (χ0n) is 11.8. The number of hydrogen-bond donors (Lipinski definition) is 1. The summed E-state index contributed by atoms with van der Waals surface area (Å²) in [5, 5.41) is 8.73. The molecule has 0 atom stereocenters. The lowest BCUT2D eigenvalue weighted by molar-refractivity contribution is -0.131. The van der Waals surface area contributed by atoms with Gasteiger partial charge in [-0.15, -0.1) is 0 Å². The number of carboxylic acid groups (broad SMARTS) is 1. The molecule has 0 saturated heterocycles. The van der Waals surface area contributed by atoms with E-state index < -0.39 is 11.8 Å². The average Bonchev–Trinajstić information content (AvgIpc) is 2.46. The Morgan fingerprint density at radius 2 is 1.76 bits per heavy atom. The van der Waals surface area contributed by atoms with Crippen molar-refractivity contribution >= 4 is 11.5 Å². The highest BCUT2D eigenvalue weighted by Crippen LogP contribution is 2.26. The number of methoxy groups -OCH3 is 1. The maximum atomic E-state index is 13.7. The number of aliphatic carboxylic acids is 1. The van der Waals surface area contributed by atoms with Crippen LogP contribution in [-0.2, 0) is 4.79 Å². The van der Waals surface area contributed by atoms with Gasteiger partial charge in [-0.05, 0) is 41.3 Å². The van der Waals surface area contributed by atoms with Crippen LogP contribution in [0, 0.1) is 5.82 Å². The molecule has 0 aliphatic heterocycles. The van der Waals surface area contributed by atoms with E-state index in [0.29, 0.717) is 5.57 Å². The third-order valence-corrected chi connectivity index (χ3v) is 3.17. The third-order valence-electron chi connectivity index (χ3n) is 3.17. The van der Waals surface area contributed by atoms with Gasteiger partial charge in [0.15, 0.2) is 11.6 Å². The highest BCUT2D eigenvalue weighted by molar-refractivity contribution is 5.89. The van der Waals surface area contributed by atoms with E-state index in [1.54, 1.807) is 19.1 Å². The molecule has 3 nitrogen and oxygen atoms in total. The van der Waals surface area contributed by atoms with Gasteiger partial charge >= 0.3 is 5.97 Å². The van der Waals surface area contributed by atoms with E-state index in [1.165, 1.54) is 13.2 Å². The average molecular weight is 286 g/mol. The van der Waals surface area contributed by atoms with Crippen LogP contribution in [0.3, 0.4) is 0 Å². The molecule has 0 spiro atoms. The second kappa shape index (κ2) is 6.22. The minimum Gasteiger partial charge on any atom is -0.494 e. The van der Waals surface area contributed by atoms with Crippen LogP contribution >= 0.6 is 0 Å². The molecular formula is C17H15FO3. The molecule has 0 aliphatic rings. The van der Waals surface area contributed by atoms with Crippen molar-refractivity contribution in [3.8, 4) is 16.9 Å². The Balaban J connectivity index is 2.31. The zero-order chi connectivity index (χ0) is 15.4. The molecule has 0 heterocycles. The molecular weight excluding hydrogens is 271 g/mol. The minimum atomic E-state index is -0.978. The predicted octanol–water partition coefficient (Wildman–Crippen LogP) is 3.99. The molecule has 4 heteroatoms. The topological polar surface area (TPSA) is 46.5 Å². The van der Waals surface area contributed by atoms with Crippen LogP contribution in [0.5, 0.6) is 5.75 Å². The van der Waals surface area contributed by atoms with Gasteiger partial charge in [0, 0.05) is 6.08 Å². The Kier molecular flexibility index (Phi) is 4.38. The van der Waals surface area contributed by atoms with Crippen LogP contribution in [-0.4, -0.2) is 18.2 Å².